The summed E-state index contributed by atoms with van der Waals surface area (Å²) < 4.78 is 2.69. The minimum Gasteiger partial charge on any atom is -0.450 e. The first kappa shape index (κ1) is 17.5. The van der Waals surface area contributed by atoms with Crippen molar-refractivity contribution in [3.8, 4) is 0 Å². The van der Waals surface area contributed by atoms with E-state index in [0.717, 1.165) is 0 Å². The average molecular weight is 362 g/mol. The van der Waals surface area contributed by atoms with Crippen LogP contribution >= 0.6 is 46.4 Å². The predicted molar refractivity (Wildman–Crippen MR) is 80.0 cm³/mol. The molecule has 1 aromatic rings. The molecule has 1 rings (SSSR count). The number of alkyl carbamates (subject to hydrolysis) is 1. The summed E-state index contributed by atoms with van der Waals surface area (Å²) in [5, 5.41) is 13.3. The van der Waals surface area contributed by atoms with Gasteiger partial charge in [-0.25, -0.2) is 9.86 Å². The molecule has 0 aromatic heterocycles. The fourth-order valence-corrected chi connectivity index (χ4v) is 1.96. The Morgan fingerprint density at radius 2 is 2.15 bits per heavy atom. The zero-order valence-corrected chi connectivity index (χ0v) is 13.3. The molecule has 0 aliphatic carbocycles. The first-order valence-electron chi connectivity index (χ1n) is 5.49. The number of benzene rings is 1. The minimum absolute atomic E-state index is 0.140. The average Bonchev–Trinajstić information content (AvgIpc) is 2.34. The van der Waals surface area contributed by atoms with Crippen LogP contribution in [0.25, 0.3) is 0 Å². The molecule has 1 amide bonds. The van der Waals surface area contributed by atoms with E-state index in [9.17, 15) is 10.0 Å². The second-order valence-corrected chi connectivity index (χ2v) is 6.44. The molecule has 0 saturated carbocycles. The number of carbonyl (C=O) groups excluding carboxylic acids is 1. The van der Waals surface area contributed by atoms with E-state index < -0.39 is 16.1 Å². The summed E-state index contributed by atoms with van der Waals surface area (Å²) in [7, 11) is 0. The lowest BCUT2D eigenvalue weighted by atomic mass is 10.3. The molecule has 112 valence electrons. The number of nitrogens with one attached hydrogen (secondary N) is 1. The number of halogens is 4. The summed E-state index contributed by atoms with van der Waals surface area (Å²) in [5.41, 5.74) is 0.241. The Bertz CT molecular complexity index is 467. The molecule has 1 aromatic carbocycles. The highest BCUT2D eigenvalue weighted by Gasteiger charge is 2.39. The van der Waals surface area contributed by atoms with Crippen LogP contribution in [0, 0.1) is 0 Å². The third-order valence-electron chi connectivity index (χ3n) is 2.16. The van der Waals surface area contributed by atoms with Gasteiger partial charge in [0, 0.05) is 5.02 Å². The Balaban J connectivity index is 2.96. The van der Waals surface area contributed by atoms with Crippen LogP contribution in [0.3, 0.4) is 0 Å². The molecule has 0 bridgehead atoms. The normalized spacial score (nSPS) is 12.7. The molecule has 0 spiro atoms. The number of rotatable bonds is 4. The number of nitrogens with zero attached hydrogens (tertiary/aromatic N) is 1. The van der Waals surface area contributed by atoms with E-state index in [-0.39, 0.29) is 12.3 Å². The zero-order valence-electron chi connectivity index (χ0n) is 10.3. The van der Waals surface area contributed by atoms with Crippen molar-refractivity contribution in [3.05, 3.63) is 29.3 Å². The molecule has 0 aliphatic rings. The van der Waals surface area contributed by atoms with Gasteiger partial charge in [0.2, 0.25) is 3.79 Å². The Morgan fingerprint density at radius 1 is 1.50 bits per heavy atom. The van der Waals surface area contributed by atoms with Gasteiger partial charge in [0.1, 0.15) is 0 Å². The summed E-state index contributed by atoms with van der Waals surface area (Å²) in [6.45, 7) is 1.76. The van der Waals surface area contributed by atoms with Gasteiger partial charge < -0.3 is 4.74 Å². The van der Waals surface area contributed by atoms with Gasteiger partial charge in [-0.15, -0.1) is 0 Å². The maximum Gasteiger partial charge on any atom is 0.408 e. The minimum atomic E-state index is -2.00. The largest absolute Gasteiger partial charge is 0.450 e. The van der Waals surface area contributed by atoms with Crippen LogP contribution in [-0.2, 0) is 4.74 Å². The summed E-state index contributed by atoms with van der Waals surface area (Å²) in [6.07, 6.45) is -2.19. The number of hydrogen-bond acceptors (Lipinski definition) is 4. The summed E-state index contributed by atoms with van der Waals surface area (Å²) in [4.78, 5) is 11.4. The van der Waals surface area contributed by atoms with Gasteiger partial charge in [-0.2, -0.15) is 0 Å². The van der Waals surface area contributed by atoms with Crippen LogP contribution in [0.1, 0.15) is 6.92 Å². The Morgan fingerprint density at radius 3 is 2.65 bits per heavy atom. The number of hydrogen-bond donors (Lipinski definition) is 2. The number of ether oxygens (including phenoxy) is 1. The van der Waals surface area contributed by atoms with Crippen LogP contribution in [0.2, 0.25) is 5.02 Å². The topological polar surface area (TPSA) is 61.8 Å². The number of amides is 1. The second kappa shape index (κ2) is 7.43. The monoisotopic (exact) mass is 360 g/mol. The highest BCUT2D eigenvalue weighted by Crippen LogP contribution is 2.34. The molecule has 5 nitrogen and oxygen atoms in total. The highest BCUT2D eigenvalue weighted by molar-refractivity contribution is 6.68. The van der Waals surface area contributed by atoms with E-state index in [1.165, 1.54) is 12.1 Å². The summed E-state index contributed by atoms with van der Waals surface area (Å²) in [6, 6.07) is 6.18. The van der Waals surface area contributed by atoms with Crippen LogP contribution in [0.15, 0.2) is 24.3 Å². The molecule has 0 fully saturated rings. The number of alkyl halides is 3. The predicted octanol–water partition coefficient (Wildman–Crippen LogP) is 3.98. The number of hydroxylamine groups is 1. The highest BCUT2D eigenvalue weighted by atomic mass is 35.6. The van der Waals surface area contributed by atoms with Crippen LogP contribution in [0.4, 0.5) is 10.5 Å². The number of anilines is 1. The van der Waals surface area contributed by atoms with E-state index in [1.54, 1.807) is 19.1 Å². The molecular formula is C11H12Cl4N2O3. The first-order chi connectivity index (χ1) is 9.25. The van der Waals surface area contributed by atoms with E-state index in [4.69, 9.17) is 46.4 Å². The fourth-order valence-electron chi connectivity index (χ4n) is 1.33. The van der Waals surface area contributed by atoms with Gasteiger partial charge >= 0.3 is 6.09 Å². The third-order valence-corrected chi connectivity index (χ3v) is 3.01. The summed E-state index contributed by atoms with van der Waals surface area (Å²) >= 11 is 23.1. The summed E-state index contributed by atoms with van der Waals surface area (Å²) in [5.74, 6) is 0. The lowest BCUT2D eigenvalue weighted by molar-refractivity contribution is 0.134. The van der Waals surface area contributed by atoms with E-state index in [2.05, 4.69) is 10.1 Å². The van der Waals surface area contributed by atoms with Crippen LogP contribution in [-0.4, -0.2) is 27.9 Å². The molecule has 9 heteroatoms. The molecule has 0 radical (unpaired) electrons. The van der Waals surface area contributed by atoms with Crippen molar-refractivity contribution in [1.29, 1.82) is 0 Å². The first-order valence-corrected chi connectivity index (χ1v) is 7.00. The standard InChI is InChI=1S/C11H12Cl4N2O3/c1-2-20-10(18)16-9(11(13,14)15)17(19)8-5-3-4-7(12)6-8/h3-6,9,19H,2H2,1H3,(H,16,18)/t9-/m0/s1. The van der Waals surface area contributed by atoms with Gasteiger partial charge in [0.05, 0.1) is 12.3 Å². The maximum absolute atomic E-state index is 11.4. The lowest BCUT2D eigenvalue weighted by Gasteiger charge is -2.32. The lowest BCUT2D eigenvalue weighted by Crippen LogP contribution is -2.54. The van der Waals surface area contributed by atoms with Gasteiger partial charge in [-0.1, -0.05) is 52.5 Å². The zero-order chi connectivity index (χ0) is 15.3. The third kappa shape index (κ3) is 5.07. The molecule has 0 aliphatic heterocycles. The Kier molecular flexibility index (Phi) is 6.48. The van der Waals surface area contributed by atoms with Gasteiger partial charge in [0.25, 0.3) is 0 Å². The quantitative estimate of drug-likeness (QED) is 0.483. The van der Waals surface area contributed by atoms with Gasteiger partial charge in [-0.3, -0.25) is 10.5 Å². The Labute approximate surface area is 136 Å². The van der Waals surface area contributed by atoms with Crippen molar-refractivity contribution < 1.29 is 14.7 Å². The second-order valence-electron chi connectivity index (χ2n) is 3.63. The maximum atomic E-state index is 11.4. The van der Waals surface area contributed by atoms with Crippen molar-refractivity contribution >= 4 is 58.2 Å². The van der Waals surface area contributed by atoms with E-state index in [0.29, 0.717) is 10.1 Å². The molecule has 1 atom stereocenters. The molecule has 20 heavy (non-hydrogen) atoms. The van der Waals surface area contributed by atoms with E-state index in [1.807, 2.05) is 0 Å². The van der Waals surface area contributed by atoms with Crippen LogP contribution in [0.5, 0.6) is 0 Å². The fraction of sp³-hybridized carbons (Fsp3) is 0.364. The molecule has 0 heterocycles. The van der Waals surface area contributed by atoms with Crippen molar-refractivity contribution in [2.45, 2.75) is 16.9 Å². The SMILES string of the molecule is CCOC(=O)N[C@@H](N(O)c1cccc(Cl)c1)C(Cl)(Cl)Cl. The molecule has 0 saturated heterocycles. The number of carbonyl (C=O) groups is 1. The van der Waals surface area contributed by atoms with Gasteiger partial charge in [0.15, 0.2) is 6.17 Å². The van der Waals surface area contributed by atoms with Crippen molar-refractivity contribution in [2.24, 2.45) is 0 Å². The molecule has 2 N–H and O–H groups in total. The van der Waals surface area contributed by atoms with Crippen LogP contribution < -0.4 is 10.4 Å². The molecule has 0 unspecified atom stereocenters. The Hall–Kier alpha value is -0.590. The van der Waals surface area contributed by atoms with Crippen molar-refractivity contribution in [3.63, 3.8) is 0 Å². The smallest absolute Gasteiger partial charge is 0.408 e. The molecular weight excluding hydrogens is 350 g/mol. The van der Waals surface area contributed by atoms with Crippen molar-refractivity contribution in [1.82, 2.24) is 5.32 Å². The van der Waals surface area contributed by atoms with Crippen molar-refractivity contribution in [2.75, 3.05) is 11.7 Å². The van der Waals surface area contributed by atoms with E-state index >= 15 is 0 Å². The van der Waals surface area contributed by atoms with Gasteiger partial charge in [-0.05, 0) is 25.1 Å².